The molecule has 1 fully saturated rings. The summed E-state index contributed by atoms with van der Waals surface area (Å²) in [7, 11) is 1.58. The number of aromatic nitrogens is 4. The van der Waals surface area contributed by atoms with Crippen LogP contribution in [0.1, 0.15) is 11.8 Å². The molecule has 0 spiro atoms. The van der Waals surface area contributed by atoms with E-state index in [1.165, 1.54) is 22.0 Å². The van der Waals surface area contributed by atoms with Crippen molar-refractivity contribution in [2.75, 3.05) is 13.7 Å². The predicted molar refractivity (Wildman–Crippen MR) is 97.7 cm³/mol. The summed E-state index contributed by atoms with van der Waals surface area (Å²) < 4.78 is 13.3. The third-order valence-corrected chi connectivity index (χ3v) is 4.79. The molecule has 1 aromatic carbocycles. The highest BCUT2D eigenvalue weighted by atomic mass is 16.7. The fourth-order valence-corrected chi connectivity index (χ4v) is 3.22. The van der Waals surface area contributed by atoms with Gasteiger partial charge in [-0.1, -0.05) is 12.1 Å². The van der Waals surface area contributed by atoms with Gasteiger partial charge in [-0.05, 0) is 17.7 Å². The highest BCUT2D eigenvalue weighted by molar-refractivity contribution is 5.68. The first-order chi connectivity index (χ1) is 14.0. The molecule has 4 rings (SSSR count). The molecule has 3 heterocycles. The topological polar surface area (TPSA) is 148 Å². The van der Waals surface area contributed by atoms with Crippen LogP contribution in [0.2, 0.25) is 0 Å². The number of ether oxygens (including phenoxy) is 2. The highest BCUT2D eigenvalue weighted by Gasteiger charge is 2.44. The number of aliphatic hydroxyl groups excluding tert-OH is 3. The van der Waals surface area contributed by atoms with Gasteiger partial charge in [-0.3, -0.25) is 9.98 Å². The molecule has 154 valence electrons. The Kier molecular flexibility index (Phi) is 5.20. The van der Waals surface area contributed by atoms with Gasteiger partial charge in [0.05, 0.1) is 20.0 Å². The molecule has 1 aliphatic rings. The molecule has 0 amide bonds. The molecule has 11 heteroatoms. The van der Waals surface area contributed by atoms with E-state index in [1.54, 1.807) is 7.11 Å². The molecular formula is C18H21N5O6. The Labute approximate surface area is 164 Å². The van der Waals surface area contributed by atoms with Gasteiger partial charge >= 0.3 is 0 Å². The van der Waals surface area contributed by atoms with E-state index in [2.05, 4.69) is 9.97 Å². The number of benzene rings is 1. The van der Waals surface area contributed by atoms with Crippen LogP contribution in [0.3, 0.4) is 0 Å². The first kappa shape index (κ1) is 19.3. The van der Waals surface area contributed by atoms with Crippen molar-refractivity contribution >= 4 is 11.2 Å². The van der Waals surface area contributed by atoms with Gasteiger partial charge in [0, 0.05) is 0 Å². The Bertz CT molecular complexity index is 1070. The molecule has 29 heavy (non-hydrogen) atoms. The Balaban J connectivity index is 1.58. The molecule has 4 atom stereocenters. The summed E-state index contributed by atoms with van der Waals surface area (Å²) in [6, 6.07) is 7.36. The first-order valence-corrected chi connectivity index (χ1v) is 8.91. The smallest absolute Gasteiger partial charge is 0.192 e. The van der Waals surface area contributed by atoms with E-state index in [4.69, 9.17) is 19.7 Å². The molecule has 0 unspecified atom stereocenters. The number of aliphatic hydroxyl groups is 3. The fourth-order valence-electron chi connectivity index (χ4n) is 3.22. The monoisotopic (exact) mass is 403 g/mol. The molecule has 2 aromatic heterocycles. The van der Waals surface area contributed by atoms with Gasteiger partial charge in [-0.2, -0.15) is 4.73 Å². The lowest BCUT2D eigenvalue weighted by Gasteiger charge is -2.16. The van der Waals surface area contributed by atoms with E-state index in [1.807, 2.05) is 24.3 Å². The summed E-state index contributed by atoms with van der Waals surface area (Å²) in [5.41, 5.74) is 1.33. The standard InChI is InChI=1S/C18H21N5O6/c1-27-11-4-2-3-10(5-11)7-28-23-9-21-17-13(16(23)19)20-8-22(17)18-15(26)14(25)12(6-24)29-18/h2-5,8-9,12,14-15,18-19,24-26H,6-7H2,1H3/t12-,14-,15-,18-/m1/s1. The van der Waals surface area contributed by atoms with Crippen molar-refractivity contribution in [2.45, 2.75) is 31.1 Å². The van der Waals surface area contributed by atoms with Crippen molar-refractivity contribution in [2.24, 2.45) is 0 Å². The molecule has 0 saturated carbocycles. The third kappa shape index (κ3) is 3.44. The summed E-state index contributed by atoms with van der Waals surface area (Å²) in [6.45, 7) is -0.243. The molecule has 1 saturated heterocycles. The van der Waals surface area contributed by atoms with Gasteiger partial charge in [0.25, 0.3) is 0 Å². The number of hydrogen-bond acceptors (Lipinski definition) is 9. The lowest BCUT2D eigenvalue weighted by atomic mass is 10.1. The highest BCUT2D eigenvalue weighted by Crippen LogP contribution is 2.30. The summed E-state index contributed by atoms with van der Waals surface area (Å²) in [4.78, 5) is 14.1. The third-order valence-electron chi connectivity index (χ3n) is 4.79. The predicted octanol–water partition coefficient (Wildman–Crippen LogP) is -1.04. The number of imidazole rings is 1. The number of hydrogen-bond donors (Lipinski definition) is 4. The second kappa shape index (κ2) is 7.79. The maximum absolute atomic E-state index is 10.2. The van der Waals surface area contributed by atoms with Crippen molar-refractivity contribution in [3.63, 3.8) is 0 Å². The second-order valence-corrected chi connectivity index (χ2v) is 6.60. The van der Waals surface area contributed by atoms with E-state index in [-0.39, 0.29) is 23.3 Å². The SMILES string of the molecule is COc1cccc(COn2cnc3c(ncn3[C@@H]3O[C@H](CO)[C@@H](O)[C@H]3O)c2=N)c1. The van der Waals surface area contributed by atoms with Crippen LogP contribution < -0.4 is 15.1 Å². The van der Waals surface area contributed by atoms with E-state index < -0.39 is 31.1 Å². The number of nitrogens with one attached hydrogen (secondary N) is 1. The van der Waals surface area contributed by atoms with Crippen molar-refractivity contribution in [1.29, 1.82) is 5.41 Å². The van der Waals surface area contributed by atoms with Gasteiger partial charge in [-0.25, -0.2) is 9.97 Å². The lowest BCUT2D eigenvalue weighted by Crippen LogP contribution is -2.33. The van der Waals surface area contributed by atoms with E-state index in [0.717, 1.165) is 5.56 Å². The van der Waals surface area contributed by atoms with Crippen LogP contribution in [0.15, 0.2) is 36.9 Å². The number of methoxy groups -OCH3 is 1. The summed E-state index contributed by atoms with van der Waals surface area (Å²) in [6.07, 6.45) is -1.71. The van der Waals surface area contributed by atoms with Gasteiger partial charge in [0.2, 0.25) is 0 Å². The fraction of sp³-hybridized carbons (Fsp3) is 0.389. The number of fused-ring (bicyclic) bond motifs is 1. The zero-order valence-electron chi connectivity index (χ0n) is 15.5. The van der Waals surface area contributed by atoms with E-state index in [9.17, 15) is 15.3 Å². The quantitative estimate of drug-likeness (QED) is 0.408. The normalized spacial score (nSPS) is 24.1. The molecule has 11 nitrogen and oxygen atoms in total. The number of nitrogens with zero attached hydrogens (tertiary/aromatic N) is 4. The minimum atomic E-state index is -1.27. The van der Waals surface area contributed by atoms with Crippen LogP contribution in [0, 0.1) is 5.41 Å². The van der Waals surface area contributed by atoms with Crippen LogP contribution in [-0.2, 0) is 11.3 Å². The van der Waals surface area contributed by atoms with Crippen molar-refractivity contribution in [1.82, 2.24) is 19.3 Å². The van der Waals surface area contributed by atoms with Crippen molar-refractivity contribution in [3.05, 3.63) is 48.0 Å². The number of rotatable bonds is 6. The lowest BCUT2D eigenvalue weighted by molar-refractivity contribution is -0.0511. The molecule has 1 aliphatic heterocycles. The Hall–Kier alpha value is -2.99. The summed E-state index contributed by atoms with van der Waals surface area (Å²) in [5.74, 6) is 0.702. The maximum atomic E-state index is 10.2. The van der Waals surface area contributed by atoms with Crippen molar-refractivity contribution in [3.8, 4) is 5.75 Å². The van der Waals surface area contributed by atoms with Crippen molar-refractivity contribution < 1.29 is 29.6 Å². The van der Waals surface area contributed by atoms with E-state index in [0.29, 0.717) is 5.75 Å². The Morgan fingerprint density at radius 2 is 2.03 bits per heavy atom. The Morgan fingerprint density at radius 3 is 2.76 bits per heavy atom. The van der Waals surface area contributed by atoms with Gasteiger partial charge in [-0.15, -0.1) is 0 Å². The van der Waals surface area contributed by atoms with Crippen LogP contribution in [0.4, 0.5) is 0 Å². The maximum Gasteiger partial charge on any atom is 0.192 e. The van der Waals surface area contributed by atoms with Crippen LogP contribution in [0.5, 0.6) is 5.75 Å². The van der Waals surface area contributed by atoms with Gasteiger partial charge in [0.15, 0.2) is 22.9 Å². The minimum absolute atomic E-state index is 0.0385. The van der Waals surface area contributed by atoms with Crippen LogP contribution in [-0.4, -0.2) is 66.6 Å². The molecule has 4 N–H and O–H groups in total. The van der Waals surface area contributed by atoms with Crippen LogP contribution in [0.25, 0.3) is 11.2 Å². The first-order valence-electron chi connectivity index (χ1n) is 8.91. The van der Waals surface area contributed by atoms with Gasteiger partial charge in [0.1, 0.15) is 37.0 Å². The zero-order chi connectivity index (χ0) is 20.5. The summed E-state index contributed by atoms with van der Waals surface area (Å²) >= 11 is 0. The van der Waals surface area contributed by atoms with E-state index >= 15 is 0 Å². The summed E-state index contributed by atoms with van der Waals surface area (Å²) in [5, 5.41) is 37.8. The molecule has 3 aromatic rings. The Morgan fingerprint density at radius 1 is 1.21 bits per heavy atom. The molecular weight excluding hydrogens is 382 g/mol. The average molecular weight is 403 g/mol. The minimum Gasteiger partial charge on any atom is -0.497 e. The second-order valence-electron chi connectivity index (χ2n) is 6.60. The largest absolute Gasteiger partial charge is 0.497 e. The molecule has 0 bridgehead atoms. The van der Waals surface area contributed by atoms with Gasteiger partial charge < -0.3 is 29.6 Å². The molecule has 0 radical (unpaired) electrons. The average Bonchev–Trinajstić information content (AvgIpc) is 3.29. The molecule has 0 aliphatic carbocycles. The van der Waals surface area contributed by atoms with Crippen LogP contribution >= 0.6 is 0 Å². The zero-order valence-corrected chi connectivity index (χ0v) is 15.5.